The molecule has 23 heteroatoms. The average molecular weight is 1140 g/mol. The third kappa shape index (κ3) is 14.5. The summed E-state index contributed by atoms with van der Waals surface area (Å²) in [7, 11) is 3.29. The van der Waals surface area contributed by atoms with Crippen molar-refractivity contribution < 1.29 is 33.4 Å². The van der Waals surface area contributed by atoms with Crippen LogP contribution < -0.4 is 10.7 Å². The van der Waals surface area contributed by atoms with E-state index in [9.17, 15) is 24.0 Å². The van der Waals surface area contributed by atoms with E-state index in [1.807, 2.05) is 46.1 Å². The maximum absolute atomic E-state index is 14.7. The number of urea groups is 1. The summed E-state index contributed by atoms with van der Waals surface area (Å²) in [6.07, 6.45) is 4.44. The number of ether oxygens (including phenoxy) is 2. The molecule has 6 atom stereocenters. The van der Waals surface area contributed by atoms with Crippen molar-refractivity contribution in [2.24, 2.45) is 11.3 Å². The van der Waals surface area contributed by atoms with Crippen LogP contribution in [-0.2, 0) is 48.0 Å². The molecule has 0 spiro atoms. The van der Waals surface area contributed by atoms with Crippen LogP contribution in [-0.4, -0.2) is 135 Å². The molecule has 5 amide bonds. The monoisotopic (exact) mass is 1140 g/mol. The minimum Gasteiger partial charge on any atom is -0.464 e. The van der Waals surface area contributed by atoms with Gasteiger partial charge in [0.25, 0.3) is 5.91 Å². The van der Waals surface area contributed by atoms with Gasteiger partial charge in [-0.2, -0.15) is 81.0 Å². The summed E-state index contributed by atoms with van der Waals surface area (Å²) in [6, 6.07) is 6.57. The SMILES string of the molecule is C=CC(=O)N1C[C@H](C)N(C(=O)N(C)[C@H](C(=O)N[C@H]2Cc3nc(cs3)-c3ccc4c(c3)c(c(-c3cccnc3[C@H](C)OC)n4CC)CC(C)(C)COC(=O)[C@@H]3CCCN(N3)C2=O)C(C)C)[C@@H](C)C1.S.S.S.S.S.S. The number of carbonyl (C=O) groups excluding carboxylic acids is 5. The fraction of sp³-hybridized carbons (Fsp3) is 0.540. The Labute approximate surface area is 477 Å². The molecule has 16 nitrogen and oxygen atoms in total. The van der Waals surface area contributed by atoms with Gasteiger partial charge < -0.3 is 34.1 Å². The standard InChI is InChI=1S/C50H67N9O7S.6H2S/c1-12-42(60)56-25-30(5)59(31(6)26-56)49(64)55(10)44(29(3)4)46(61)53-38-23-41-52-39(27-67-41)33-18-19-40-35(22-33)36(45(57(40)13-2)34-16-14-20-51-43(34)32(7)65-11)24-50(8,9)28-66-48(63)37-17-15-21-58(54-37)47(38)62;;;;;;/h12,14,16,18-20,22,27,29-32,37-38,44,54H,1,13,15,17,21,23-26,28H2,2-11H3,(H,53,61);6*1H2/t30-,31-,32-,37-,38-,44-;;;;;;/m0....../s1. The normalized spacial score (nSPS) is 20.4. The average Bonchev–Trinajstić information content (AvgIpc) is 3.90. The number of nitrogens with one attached hydrogen (secondary N) is 2. The van der Waals surface area contributed by atoms with E-state index in [0.29, 0.717) is 50.4 Å². The van der Waals surface area contributed by atoms with Crippen LogP contribution in [0.2, 0.25) is 0 Å². The number of hydrogen-bond donors (Lipinski definition) is 2. The number of thiazole rings is 1. The van der Waals surface area contributed by atoms with Crippen molar-refractivity contribution in [1.29, 1.82) is 0 Å². The molecule has 1 aromatic carbocycles. The highest BCUT2D eigenvalue weighted by atomic mass is 32.1. The Morgan fingerprint density at radius 1 is 1.05 bits per heavy atom. The summed E-state index contributed by atoms with van der Waals surface area (Å²) in [5, 5.41) is 8.11. The highest BCUT2D eigenvalue weighted by molar-refractivity contribution is 7.60. The molecule has 73 heavy (non-hydrogen) atoms. The number of pyridine rings is 1. The first-order chi connectivity index (χ1) is 31.9. The Kier molecular flexibility index (Phi) is 26.4. The number of benzene rings is 1. The van der Waals surface area contributed by atoms with Gasteiger partial charge in [0.1, 0.15) is 18.1 Å². The second kappa shape index (κ2) is 28.5. The summed E-state index contributed by atoms with van der Waals surface area (Å²) in [6.45, 7) is 21.2. The number of likely N-dealkylation sites (N-methyl/N-ethyl adjacent to an activating group) is 1. The summed E-state index contributed by atoms with van der Waals surface area (Å²) >= 11 is 1.40. The minimum atomic E-state index is -1.10. The first-order valence-corrected chi connectivity index (χ1v) is 24.3. The third-order valence-corrected chi connectivity index (χ3v) is 14.3. The van der Waals surface area contributed by atoms with Gasteiger partial charge in [0, 0.05) is 97.9 Å². The molecule has 6 heterocycles. The number of fused-ring (bicyclic) bond motifs is 6. The molecule has 3 aliphatic heterocycles. The second-order valence-corrected chi connectivity index (χ2v) is 20.3. The van der Waals surface area contributed by atoms with Crippen LogP contribution >= 0.6 is 92.3 Å². The Morgan fingerprint density at radius 2 is 1.73 bits per heavy atom. The van der Waals surface area contributed by atoms with E-state index >= 15 is 0 Å². The van der Waals surface area contributed by atoms with Gasteiger partial charge in [-0.05, 0) is 88.8 Å². The zero-order valence-corrected chi connectivity index (χ0v) is 50.4. The van der Waals surface area contributed by atoms with E-state index in [-0.39, 0.29) is 130 Å². The topological polar surface area (TPSA) is 172 Å². The lowest BCUT2D eigenvalue weighted by Gasteiger charge is -2.46. The van der Waals surface area contributed by atoms with Crippen molar-refractivity contribution in [3.63, 3.8) is 0 Å². The molecule has 6 bridgehead atoms. The van der Waals surface area contributed by atoms with Gasteiger partial charge in [0.05, 0.1) is 34.8 Å². The van der Waals surface area contributed by atoms with Gasteiger partial charge in [-0.15, -0.1) is 11.3 Å². The number of aryl methyl sites for hydroxylation is 1. The Hall–Kier alpha value is -3.55. The van der Waals surface area contributed by atoms with Gasteiger partial charge in [0.2, 0.25) is 11.8 Å². The zero-order chi connectivity index (χ0) is 48.5. The van der Waals surface area contributed by atoms with Crippen LogP contribution in [0, 0.1) is 11.3 Å². The molecule has 3 aliphatic rings. The van der Waals surface area contributed by atoms with E-state index < -0.39 is 41.3 Å². The number of amides is 5. The summed E-state index contributed by atoms with van der Waals surface area (Å²) in [5.41, 5.74) is 9.24. The summed E-state index contributed by atoms with van der Waals surface area (Å²) in [5.74, 6) is -1.92. The predicted octanol–water partition coefficient (Wildman–Crippen LogP) is 7.06. The van der Waals surface area contributed by atoms with Crippen molar-refractivity contribution in [2.75, 3.05) is 40.4 Å². The van der Waals surface area contributed by atoms with Crippen LogP contribution in [0.15, 0.2) is 54.6 Å². The molecular formula is C50H79N9O7S7. The Morgan fingerprint density at radius 3 is 2.34 bits per heavy atom. The van der Waals surface area contributed by atoms with Crippen molar-refractivity contribution in [1.82, 2.24) is 45.0 Å². The van der Waals surface area contributed by atoms with E-state index in [0.717, 1.165) is 44.7 Å². The molecule has 4 aromatic rings. The number of hydrazine groups is 1. The zero-order valence-electron chi connectivity index (χ0n) is 43.6. The molecule has 2 fully saturated rings. The van der Waals surface area contributed by atoms with Gasteiger partial charge in [-0.1, -0.05) is 40.3 Å². The molecular weight excluding hydrogens is 1060 g/mol. The number of carbonyl (C=O) groups is 5. The number of esters is 1. The lowest BCUT2D eigenvalue weighted by molar-refractivity contribution is -0.155. The summed E-state index contributed by atoms with van der Waals surface area (Å²) in [4.78, 5) is 84.7. The maximum atomic E-state index is 14.7. The van der Waals surface area contributed by atoms with E-state index in [4.69, 9.17) is 19.4 Å². The molecule has 0 unspecified atom stereocenters. The van der Waals surface area contributed by atoms with Crippen LogP contribution in [0.3, 0.4) is 0 Å². The number of piperazine rings is 1. The van der Waals surface area contributed by atoms with Gasteiger partial charge in [-0.3, -0.25) is 29.2 Å². The van der Waals surface area contributed by atoms with Crippen molar-refractivity contribution in [3.8, 4) is 22.5 Å². The molecule has 0 aliphatic carbocycles. The molecule has 2 N–H and O–H groups in total. The molecule has 3 aromatic heterocycles. The fourth-order valence-corrected chi connectivity index (χ4v) is 10.9. The smallest absolute Gasteiger partial charge is 0.324 e. The number of methoxy groups -OCH3 is 1. The number of aromatic nitrogens is 3. The van der Waals surface area contributed by atoms with Crippen molar-refractivity contribution in [2.45, 2.75) is 124 Å². The van der Waals surface area contributed by atoms with Crippen molar-refractivity contribution >= 4 is 133 Å². The van der Waals surface area contributed by atoms with Crippen LogP contribution in [0.5, 0.6) is 0 Å². The summed E-state index contributed by atoms with van der Waals surface area (Å²) < 4.78 is 14.2. The largest absolute Gasteiger partial charge is 0.464 e. The maximum Gasteiger partial charge on any atom is 0.324 e. The van der Waals surface area contributed by atoms with Gasteiger partial charge >= 0.3 is 12.0 Å². The Balaban J connectivity index is 0.00000444. The van der Waals surface area contributed by atoms with E-state index in [2.05, 4.69) is 66.9 Å². The van der Waals surface area contributed by atoms with E-state index in [1.165, 1.54) is 27.3 Å². The molecule has 7 rings (SSSR count). The lowest BCUT2D eigenvalue weighted by atomic mass is 9.84. The number of nitrogens with zero attached hydrogens (tertiary/aromatic N) is 7. The van der Waals surface area contributed by atoms with E-state index in [1.54, 1.807) is 30.2 Å². The first kappa shape index (κ1) is 67.5. The van der Waals surface area contributed by atoms with Gasteiger partial charge in [0.15, 0.2) is 0 Å². The predicted molar refractivity (Wildman–Crippen MR) is 321 cm³/mol. The van der Waals surface area contributed by atoms with Gasteiger partial charge in [-0.25, -0.2) is 15.2 Å². The minimum absolute atomic E-state index is 0. The third-order valence-electron chi connectivity index (χ3n) is 13.4. The Bertz CT molecular complexity index is 2530. The molecule has 408 valence electrons. The molecule has 2 saturated heterocycles. The number of rotatable bonds is 9. The number of cyclic esters (lactones) is 1. The quantitative estimate of drug-likeness (QED) is 0.131. The second-order valence-electron chi connectivity index (χ2n) is 19.4. The van der Waals surface area contributed by atoms with Crippen LogP contribution in [0.1, 0.15) is 90.6 Å². The highest BCUT2D eigenvalue weighted by Gasteiger charge is 2.42. The lowest BCUT2D eigenvalue weighted by Crippen LogP contribution is -2.65. The number of hydrogen-bond acceptors (Lipinski definition) is 11. The van der Waals surface area contributed by atoms with Crippen molar-refractivity contribution in [3.05, 3.63) is 70.8 Å². The molecule has 0 saturated carbocycles. The first-order valence-electron chi connectivity index (χ1n) is 23.5. The molecule has 0 radical (unpaired) electrons. The fourth-order valence-electron chi connectivity index (χ4n) is 10.1. The van der Waals surface area contributed by atoms with Crippen LogP contribution in [0.25, 0.3) is 33.4 Å². The highest BCUT2D eigenvalue weighted by Crippen LogP contribution is 2.42. The van der Waals surface area contributed by atoms with Crippen LogP contribution in [0.4, 0.5) is 4.79 Å².